The molecule has 114 valence electrons. The van der Waals surface area contributed by atoms with Crippen LogP contribution < -0.4 is 5.19 Å². The molecule has 22 heavy (non-hydrogen) atoms. The van der Waals surface area contributed by atoms with Gasteiger partial charge in [0.1, 0.15) is 0 Å². The van der Waals surface area contributed by atoms with Gasteiger partial charge in [-0.1, -0.05) is 55.5 Å². The highest BCUT2D eigenvalue weighted by Crippen LogP contribution is 2.33. The molecule has 0 amide bonds. The topological polar surface area (TPSA) is 17.1 Å². The van der Waals surface area contributed by atoms with E-state index in [1.807, 2.05) is 0 Å². The maximum absolute atomic E-state index is 12.4. The van der Waals surface area contributed by atoms with Gasteiger partial charge in [0.15, 0.2) is 5.78 Å². The Morgan fingerprint density at radius 1 is 0.955 bits per heavy atom. The fourth-order valence-corrected chi connectivity index (χ4v) is 5.07. The number of hydrogen-bond acceptors (Lipinski definition) is 1. The Hall–Kier alpha value is -1.67. The van der Waals surface area contributed by atoms with E-state index < -0.39 is 8.07 Å². The average molecular weight is 308 g/mol. The second-order valence-electron chi connectivity index (χ2n) is 7.49. The van der Waals surface area contributed by atoms with Gasteiger partial charge in [-0.3, -0.25) is 4.79 Å². The summed E-state index contributed by atoms with van der Waals surface area (Å²) in [6.45, 7) is 11.3. The van der Waals surface area contributed by atoms with E-state index in [1.165, 1.54) is 33.0 Å². The first kappa shape index (κ1) is 15.2. The van der Waals surface area contributed by atoms with E-state index >= 15 is 0 Å². The van der Waals surface area contributed by atoms with E-state index in [-0.39, 0.29) is 0 Å². The quantitative estimate of drug-likeness (QED) is 0.738. The SMILES string of the molecule is Cc1ccc(-c2cc([Si](C)(C)C)c3c(c2C)CCC3=O)cc1. The number of Topliss-reactive ketones (excluding diaryl/α,β-unsaturated/α-hetero) is 1. The highest BCUT2D eigenvalue weighted by atomic mass is 28.3. The van der Waals surface area contributed by atoms with Crippen LogP contribution in [0.3, 0.4) is 0 Å². The summed E-state index contributed by atoms with van der Waals surface area (Å²) in [5.41, 5.74) is 7.53. The summed E-state index contributed by atoms with van der Waals surface area (Å²) in [6.07, 6.45) is 1.60. The van der Waals surface area contributed by atoms with Crippen LogP contribution in [0.1, 0.15) is 33.5 Å². The molecule has 0 aliphatic heterocycles. The summed E-state index contributed by atoms with van der Waals surface area (Å²) in [4.78, 5) is 12.4. The number of ketones is 1. The third-order valence-corrected chi connectivity index (χ3v) is 6.78. The zero-order chi connectivity index (χ0) is 16.1. The van der Waals surface area contributed by atoms with Crippen LogP contribution in [-0.4, -0.2) is 13.9 Å². The Morgan fingerprint density at radius 2 is 1.59 bits per heavy atom. The number of carbonyl (C=O) groups excluding carboxylic acids is 1. The number of aryl methyl sites for hydroxylation is 1. The van der Waals surface area contributed by atoms with Crippen molar-refractivity contribution in [2.24, 2.45) is 0 Å². The maximum Gasteiger partial charge on any atom is 0.163 e. The molecule has 0 spiro atoms. The summed E-state index contributed by atoms with van der Waals surface area (Å²) in [5.74, 6) is 0.353. The summed E-state index contributed by atoms with van der Waals surface area (Å²) in [5, 5.41) is 1.34. The predicted molar refractivity (Wildman–Crippen MR) is 97.0 cm³/mol. The van der Waals surface area contributed by atoms with E-state index in [1.54, 1.807) is 0 Å². The fraction of sp³-hybridized carbons (Fsp3) is 0.350. The zero-order valence-electron chi connectivity index (χ0n) is 14.2. The Morgan fingerprint density at radius 3 is 2.18 bits per heavy atom. The minimum absolute atomic E-state index is 0.353. The van der Waals surface area contributed by atoms with E-state index in [2.05, 4.69) is 63.8 Å². The first-order valence-electron chi connectivity index (χ1n) is 8.06. The molecule has 1 nitrogen and oxygen atoms in total. The monoisotopic (exact) mass is 308 g/mol. The van der Waals surface area contributed by atoms with Crippen LogP contribution >= 0.6 is 0 Å². The Balaban J connectivity index is 2.29. The van der Waals surface area contributed by atoms with Gasteiger partial charge in [0.2, 0.25) is 0 Å². The van der Waals surface area contributed by atoms with Gasteiger partial charge >= 0.3 is 0 Å². The van der Waals surface area contributed by atoms with E-state index in [4.69, 9.17) is 0 Å². The van der Waals surface area contributed by atoms with Crippen LogP contribution in [0.25, 0.3) is 11.1 Å². The van der Waals surface area contributed by atoms with Gasteiger partial charge in [0, 0.05) is 12.0 Å². The maximum atomic E-state index is 12.4. The van der Waals surface area contributed by atoms with E-state index in [9.17, 15) is 4.79 Å². The van der Waals surface area contributed by atoms with Gasteiger partial charge in [-0.05, 0) is 47.7 Å². The summed E-state index contributed by atoms with van der Waals surface area (Å²) in [7, 11) is -1.55. The first-order valence-corrected chi connectivity index (χ1v) is 11.6. The predicted octanol–water partition coefficient (Wildman–Crippen LogP) is 4.64. The molecule has 0 atom stereocenters. The molecule has 0 bridgehead atoms. The zero-order valence-corrected chi connectivity index (χ0v) is 15.2. The summed E-state index contributed by atoms with van der Waals surface area (Å²) in [6, 6.07) is 11.1. The molecule has 2 aromatic carbocycles. The van der Waals surface area contributed by atoms with Crippen LogP contribution in [0.4, 0.5) is 0 Å². The second-order valence-corrected chi connectivity index (χ2v) is 12.5. The van der Waals surface area contributed by atoms with Crippen molar-refractivity contribution in [3.63, 3.8) is 0 Å². The summed E-state index contributed by atoms with van der Waals surface area (Å²) < 4.78 is 0. The minimum atomic E-state index is -1.55. The number of hydrogen-bond donors (Lipinski definition) is 0. The van der Waals surface area contributed by atoms with Crippen LogP contribution in [-0.2, 0) is 6.42 Å². The number of rotatable bonds is 2. The van der Waals surface area contributed by atoms with Crippen molar-refractivity contribution in [1.29, 1.82) is 0 Å². The van der Waals surface area contributed by atoms with E-state index in [0.717, 1.165) is 12.0 Å². The molecule has 0 radical (unpaired) electrons. The Bertz CT molecular complexity index is 749. The van der Waals surface area contributed by atoms with Crippen molar-refractivity contribution in [2.45, 2.75) is 46.3 Å². The molecule has 0 fully saturated rings. The van der Waals surface area contributed by atoms with Crippen molar-refractivity contribution >= 4 is 19.0 Å². The van der Waals surface area contributed by atoms with Gasteiger partial charge in [-0.15, -0.1) is 0 Å². The number of benzene rings is 2. The van der Waals surface area contributed by atoms with Crippen LogP contribution in [0, 0.1) is 13.8 Å². The molecular weight excluding hydrogens is 284 g/mol. The molecule has 0 heterocycles. The number of carbonyl (C=O) groups is 1. The first-order chi connectivity index (χ1) is 10.3. The van der Waals surface area contributed by atoms with Gasteiger partial charge in [0.05, 0.1) is 8.07 Å². The Labute approximate surface area is 134 Å². The van der Waals surface area contributed by atoms with Crippen LogP contribution in [0.15, 0.2) is 30.3 Å². The molecule has 0 saturated carbocycles. The van der Waals surface area contributed by atoms with Crippen molar-refractivity contribution in [3.8, 4) is 11.1 Å². The van der Waals surface area contributed by atoms with Crippen molar-refractivity contribution in [1.82, 2.24) is 0 Å². The summed E-state index contributed by atoms with van der Waals surface area (Å²) >= 11 is 0. The van der Waals surface area contributed by atoms with Crippen LogP contribution in [0.5, 0.6) is 0 Å². The molecule has 0 N–H and O–H groups in total. The Kier molecular flexibility index (Phi) is 3.60. The fourth-order valence-electron chi connectivity index (χ4n) is 3.46. The molecule has 0 saturated heterocycles. The molecular formula is C20H24OSi. The molecule has 1 aliphatic carbocycles. The van der Waals surface area contributed by atoms with E-state index in [0.29, 0.717) is 12.2 Å². The third-order valence-electron chi connectivity index (χ3n) is 4.77. The molecule has 3 rings (SSSR count). The molecule has 1 aliphatic rings. The normalized spacial score (nSPS) is 14.3. The lowest BCUT2D eigenvalue weighted by Gasteiger charge is -2.23. The van der Waals surface area contributed by atoms with Crippen molar-refractivity contribution in [3.05, 3.63) is 52.6 Å². The lowest BCUT2D eigenvalue weighted by atomic mass is 9.93. The van der Waals surface area contributed by atoms with Gasteiger partial charge < -0.3 is 0 Å². The average Bonchev–Trinajstić information content (AvgIpc) is 2.82. The lowest BCUT2D eigenvalue weighted by molar-refractivity contribution is 0.0995. The van der Waals surface area contributed by atoms with Gasteiger partial charge in [0.25, 0.3) is 0 Å². The van der Waals surface area contributed by atoms with Gasteiger partial charge in [-0.2, -0.15) is 0 Å². The van der Waals surface area contributed by atoms with Gasteiger partial charge in [-0.25, -0.2) is 0 Å². The number of fused-ring (bicyclic) bond motifs is 1. The lowest BCUT2D eigenvalue weighted by Crippen LogP contribution is -2.41. The molecule has 2 heteroatoms. The minimum Gasteiger partial charge on any atom is -0.294 e. The van der Waals surface area contributed by atoms with Crippen molar-refractivity contribution in [2.75, 3.05) is 0 Å². The standard InChI is InChI=1S/C20H24OSi/c1-13-6-8-15(9-7-13)17-12-19(22(3,4)5)20-16(14(17)2)10-11-18(20)21/h6-9,12H,10-11H2,1-5H3. The smallest absolute Gasteiger partial charge is 0.163 e. The molecule has 2 aromatic rings. The largest absolute Gasteiger partial charge is 0.294 e. The highest BCUT2D eigenvalue weighted by Gasteiger charge is 2.31. The highest BCUT2D eigenvalue weighted by molar-refractivity contribution is 6.89. The second kappa shape index (κ2) is 5.20. The van der Waals surface area contributed by atoms with Crippen molar-refractivity contribution < 1.29 is 4.79 Å². The molecule has 0 aromatic heterocycles. The molecule has 0 unspecified atom stereocenters. The van der Waals surface area contributed by atoms with Crippen LogP contribution in [0.2, 0.25) is 19.6 Å². The third kappa shape index (κ3) is 2.46.